The van der Waals surface area contributed by atoms with Crippen molar-refractivity contribution >= 4 is 28.7 Å². The maximum atomic E-state index is 13.3. The van der Waals surface area contributed by atoms with Crippen molar-refractivity contribution in [3.63, 3.8) is 0 Å². The smallest absolute Gasteiger partial charge is 0.423 e. The van der Waals surface area contributed by atoms with Crippen molar-refractivity contribution in [1.82, 2.24) is 15.2 Å². The number of aromatic nitrogens is 1. The Balaban J connectivity index is 1.46. The zero-order chi connectivity index (χ0) is 30.0. The van der Waals surface area contributed by atoms with E-state index in [1.165, 1.54) is 6.07 Å². The molecule has 0 radical (unpaired) electrons. The maximum absolute atomic E-state index is 13.3. The Morgan fingerprint density at radius 2 is 1.93 bits per heavy atom. The number of nitrogens with zero attached hydrogens (tertiary/aromatic N) is 3. The predicted molar refractivity (Wildman–Crippen MR) is 158 cm³/mol. The normalized spacial score (nSPS) is 17.9. The molecule has 2 N–H and O–H groups in total. The van der Waals surface area contributed by atoms with Crippen molar-refractivity contribution < 1.29 is 22.8 Å². The van der Waals surface area contributed by atoms with Crippen LogP contribution < -0.4 is 15.4 Å². The number of hydrogen-bond donors (Lipinski definition) is 2. The van der Waals surface area contributed by atoms with Crippen LogP contribution in [0.4, 0.5) is 24.5 Å². The highest BCUT2D eigenvalue weighted by Crippen LogP contribution is 2.38. The van der Waals surface area contributed by atoms with Crippen LogP contribution in [0.1, 0.15) is 70.1 Å². The summed E-state index contributed by atoms with van der Waals surface area (Å²) in [4.78, 5) is 16.9. The van der Waals surface area contributed by atoms with Crippen molar-refractivity contribution in [3.8, 4) is 5.88 Å². The van der Waals surface area contributed by atoms with E-state index in [9.17, 15) is 23.3 Å². The number of alkyl halides is 3. The van der Waals surface area contributed by atoms with Crippen molar-refractivity contribution in [2.75, 3.05) is 25.5 Å². The summed E-state index contributed by atoms with van der Waals surface area (Å²) >= 11 is 5.41. The highest BCUT2D eigenvalue weighted by atomic mass is 32.1. The van der Waals surface area contributed by atoms with Crippen LogP contribution in [0.2, 0.25) is 0 Å². The fourth-order valence-corrected chi connectivity index (χ4v) is 5.25. The molecule has 1 atom stereocenters. The zero-order valence-corrected chi connectivity index (χ0v) is 24.7. The van der Waals surface area contributed by atoms with E-state index in [0.717, 1.165) is 74.6 Å². The molecule has 1 heterocycles. The summed E-state index contributed by atoms with van der Waals surface area (Å²) in [7, 11) is 1.86. The standard InChI is InChI=1S/C29H40F3N5O3S/c1-4-17-36(28(41)33-3)18-16-20(2)8-9-21-6-5-7-27(35-21)40-24-13-10-22(11-14-24)34-23-12-15-26(37(38)39)25(19-23)29(30,31)32/h5-7,12,15,19-20,22,24,34H,4,8-11,13-14,16-18H2,1-3H3,(H,33,41). The molecule has 0 aliphatic heterocycles. The number of nitro benzene ring substituents is 1. The summed E-state index contributed by atoms with van der Waals surface area (Å²) in [6.45, 7) is 6.27. The summed E-state index contributed by atoms with van der Waals surface area (Å²) in [6.07, 6.45) is 1.98. The van der Waals surface area contributed by atoms with Crippen molar-refractivity contribution in [2.45, 2.75) is 83.5 Å². The molecule has 226 valence electrons. The SMILES string of the molecule is CCCN(CCC(C)CCc1cccc(OC2CCC(Nc3ccc([N+](=O)[O-])c(C(F)(F)F)c3)CC2)n1)C(=S)NC. The third-order valence-corrected chi connectivity index (χ3v) is 7.85. The fourth-order valence-electron chi connectivity index (χ4n) is 5.06. The van der Waals surface area contributed by atoms with Crippen LogP contribution in [0.25, 0.3) is 0 Å². The number of ether oxygens (including phenoxy) is 1. The molecule has 1 aromatic carbocycles. The molecule has 0 saturated heterocycles. The van der Waals surface area contributed by atoms with E-state index in [2.05, 4.69) is 29.4 Å². The van der Waals surface area contributed by atoms with Crippen molar-refractivity contribution in [3.05, 3.63) is 57.8 Å². The molecule has 0 spiro atoms. The molecule has 12 heteroatoms. The van der Waals surface area contributed by atoms with E-state index >= 15 is 0 Å². The Morgan fingerprint density at radius 3 is 2.56 bits per heavy atom. The van der Waals surface area contributed by atoms with Gasteiger partial charge in [-0.3, -0.25) is 10.1 Å². The van der Waals surface area contributed by atoms with Crippen molar-refractivity contribution in [1.29, 1.82) is 0 Å². The molecule has 0 amide bonds. The van der Waals surface area contributed by atoms with Gasteiger partial charge in [0, 0.05) is 49.7 Å². The Kier molecular flexibility index (Phi) is 12.0. The summed E-state index contributed by atoms with van der Waals surface area (Å²) < 4.78 is 46.1. The molecule has 1 aliphatic carbocycles. The molecular formula is C29H40F3N5O3S. The second kappa shape index (κ2) is 15.2. The fraction of sp³-hybridized carbons (Fsp3) is 0.586. The lowest BCUT2D eigenvalue weighted by Gasteiger charge is -2.30. The molecule has 2 aromatic rings. The molecule has 0 bridgehead atoms. The number of thiocarbonyl (C=S) groups is 1. The lowest BCUT2D eigenvalue weighted by atomic mass is 9.92. The summed E-state index contributed by atoms with van der Waals surface area (Å²) in [5, 5.41) is 18.0. The lowest BCUT2D eigenvalue weighted by Crippen LogP contribution is -2.39. The summed E-state index contributed by atoms with van der Waals surface area (Å²) in [5.41, 5.74) is -0.989. The number of nitrogens with one attached hydrogen (secondary N) is 2. The topological polar surface area (TPSA) is 92.6 Å². The second-order valence-corrected chi connectivity index (χ2v) is 11.1. The molecule has 1 unspecified atom stereocenters. The first-order chi connectivity index (χ1) is 19.5. The Morgan fingerprint density at radius 1 is 1.20 bits per heavy atom. The van der Waals surface area contributed by atoms with Crippen molar-refractivity contribution in [2.24, 2.45) is 5.92 Å². The van der Waals surface area contributed by atoms with Crippen LogP contribution >= 0.6 is 12.2 Å². The van der Waals surface area contributed by atoms with Gasteiger partial charge in [0.1, 0.15) is 11.7 Å². The molecule has 1 aromatic heterocycles. The average Bonchev–Trinajstić information content (AvgIpc) is 2.94. The minimum atomic E-state index is -4.80. The van der Waals surface area contributed by atoms with Gasteiger partial charge in [0.2, 0.25) is 5.88 Å². The van der Waals surface area contributed by atoms with Gasteiger partial charge in [-0.15, -0.1) is 0 Å². The van der Waals surface area contributed by atoms with Gasteiger partial charge >= 0.3 is 6.18 Å². The second-order valence-electron chi connectivity index (χ2n) is 10.7. The first-order valence-corrected chi connectivity index (χ1v) is 14.6. The van der Waals surface area contributed by atoms with Gasteiger partial charge in [0.15, 0.2) is 5.11 Å². The molecule has 3 rings (SSSR count). The molecule has 41 heavy (non-hydrogen) atoms. The van der Waals surface area contributed by atoms with E-state index in [1.807, 2.05) is 25.2 Å². The monoisotopic (exact) mass is 595 g/mol. The number of aryl methyl sites for hydroxylation is 1. The molecule has 1 aliphatic rings. The van der Waals surface area contributed by atoms with E-state index in [4.69, 9.17) is 21.9 Å². The molecular weight excluding hydrogens is 555 g/mol. The van der Waals surface area contributed by atoms with E-state index in [0.29, 0.717) is 24.6 Å². The van der Waals surface area contributed by atoms with Gasteiger partial charge in [-0.1, -0.05) is 19.9 Å². The zero-order valence-electron chi connectivity index (χ0n) is 23.9. The Bertz CT molecular complexity index is 1160. The number of hydrogen-bond acceptors (Lipinski definition) is 6. The number of nitro groups is 1. The minimum Gasteiger partial charge on any atom is -0.474 e. The van der Waals surface area contributed by atoms with Gasteiger partial charge in [0.25, 0.3) is 5.69 Å². The quantitative estimate of drug-likeness (QED) is 0.146. The number of anilines is 1. The summed E-state index contributed by atoms with van der Waals surface area (Å²) in [5.74, 6) is 1.11. The van der Waals surface area contributed by atoms with Gasteiger partial charge in [-0.05, 0) is 87.7 Å². The number of pyridine rings is 1. The Labute approximate surface area is 245 Å². The van der Waals surface area contributed by atoms with Crippen LogP contribution in [-0.2, 0) is 12.6 Å². The lowest BCUT2D eigenvalue weighted by molar-refractivity contribution is -0.388. The van der Waals surface area contributed by atoms with Gasteiger partial charge in [-0.2, -0.15) is 13.2 Å². The highest BCUT2D eigenvalue weighted by molar-refractivity contribution is 7.80. The third kappa shape index (κ3) is 10.0. The van der Waals surface area contributed by atoms with Crippen LogP contribution in [0.3, 0.4) is 0 Å². The third-order valence-electron chi connectivity index (χ3n) is 7.39. The first kappa shape index (κ1) is 32.4. The van der Waals surface area contributed by atoms with E-state index in [-0.39, 0.29) is 17.8 Å². The van der Waals surface area contributed by atoms with Crippen LogP contribution in [0.15, 0.2) is 36.4 Å². The predicted octanol–water partition coefficient (Wildman–Crippen LogP) is 6.99. The van der Waals surface area contributed by atoms with Crippen LogP contribution in [-0.4, -0.2) is 52.2 Å². The number of benzene rings is 1. The van der Waals surface area contributed by atoms with Crippen LogP contribution in [0.5, 0.6) is 5.88 Å². The van der Waals surface area contributed by atoms with Gasteiger partial charge in [0.05, 0.1) is 4.92 Å². The highest BCUT2D eigenvalue weighted by Gasteiger charge is 2.38. The van der Waals surface area contributed by atoms with Crippen LogP contribution in [0, 0.1) is 16.0 Å². The minimum absolute atomic E-state index is 0.0297. The largest absolute Gasteiger partial charge is 0.474 e. The maximum Gasteiger partial charge on any atom is 0.423 e. The van der Waals surface area contributed by atoms with E-state index < -0.39 is 22.4 Å². The average molecular weight is 596 g/mol. The number of rotatable bonds is 13. The molecule has 1 saturated carbocycles. The Hall–Kier alpha value is -3.15. The molecule has 8 nitrogen and oxygen atoms in total. The number of halogens is 3. The molecule has 1 fully saturated rings. The first-order valence-electron chi connectivity index (χ1n) is 14.2. The summed E-state index contributed by atoms with van der Waals surface area (Å²) in [6, 6.07) is 8.82. The van der Waals surface area contributed by atoms with Gasteiger partial charge in [-0.25, -0.2) is 4.98 Å². The van der Waals surface area contributed by atoms with E-state index in [1.54, 1.807) is 0 Å². The van der Waals surface area contributed by atoms with Gasteiger partial charge < -0.3 is 20.3 Å².